The summed E-state index contributed by atoms with van der Waals surface area (Å²) < 4.78 is 15.1. The van der Waals surface area contributed by atoms with Crippen LogP contribution in [0.1, 0.15) is 12.0 Å². The Bertz CT molecular complexity index is 1560. The highest BCUT2D eigenvalue weighted by Crippen LogP contribution is 2.23. The molecule has 0 saturated carbocycles. The Hall–Kier alpha value is -4.55. The maximum Gasteiger partial charge on any atom is 0.337 e. The van der Waals surface area contributed by atoms with Gasteiger partial charge in [-0.1, -0.05) is 48.5 Å². The molecule has 0 bridgehead atoms. The molecule has 5 aromatic rings. The number of hydrogen-bond donors (Lipinski definition) is 0. The molecular formula is C34H33N3O3. The zero-order valence-corrected chi connectivity index (χ0v) is 22.4. The van der Waals surface area contributed by atoms with E-state index in [-0.39, 0.29) is 5.69 Å². The van der Waals surface area contributed by atoms with Crippen molar-refractivity contribution in [3.63, 3.8) is 0 Å². The minimum absolute atomic E-state index is 0.135. The van der Waals surface area contributed by atoms with E-state index in [1.165, 1.54) is 12.0 Å². The quantitative estimate of drug-likeness (QED) is 0.210. The molecule has 0 N–H and O–H groups in total. The first-order valence-corrected chi connectivity index (χ1v) is 13.8. The molecule has 0 aliphatic carbocycles. The van der Waals surface area contributed by atoms with Gasteiger partial charge in [-0.25, -0.2) is 4.79 Å². The van der Waals surface area contributed by atoms with Crippen molar-refractivity contribution >= 4 is 0 Å². The second-order valence-corrected chi connectivity index (χ2v) is 10.2. The zero-order chi connectivity index (χ0) is 27.1. The number of para-hydroxylation sites is 1. The van der Waals surface area contributed by atoms with Crippen LogP contribution in [-0.4, -0.2) is 40.3 Å². The zero-order valence-electron chi connectivity index (χ0n) is 22.4. The molecule has 1 fully saturated rings. The van der Waals surface area contributed by atoms with Crippen molar-refractivity contribution < 1.29 is 9.47 Å². The minimum atomic E-state index is -0.135. The number of nitrogens with zero attached hydrogens (tertiary/aromatic N) is 3. The van der Waals surface area contributed by atoms with Gasteiger partial charge in [0.25, 0.3) is 0 Å². The van der Waals surface area contributed by atoms with Crippen molar-refractivity contribution in [2.45, 2.75) is 12.8 Å². The molecule has 1 atom stereocenters. The highest BCUT2D eigenvalue weighted by Gasteiger charge is 2.22. The number of imidazole rings is 1. The molecule has 1 unspecified atom stereocenters. The maximum atomic E-state index is 13.1. The Morgan fingerprint density at radius 2 is 1.25 bits per heavy atom. The summed E-state index contributed by atoms with van der Waals surface area (Å²) in [4.78, 5) is 15.6. The minimum Gasteiger partial charge on any atom is -0.492 e. The third kappa shape index (κ3) is 6.19. The molecule has 202 valence electrons. The van der Waals surface area contributed by atoms with Gasteiger partial charge in [-0.2, -0.15) is 0 Å². The van der Waals surface area contributed by atoms with E-state index >= 15 is 0 Å². The SMILES string of the molecule is O=c1n(-c2ccc(OCCN3CCC(Cc4ccccc4)C3)cc2)ccn1-c1ccc(Oc2ccccc2)cc1. The van der Waals surface area contributed by atoms with E-state index in [2.05, 4.69) is 35.2 Å². The number of benzene rings is 4. The third-order valence-electron chi connectivity index (χ3n) is 7.40. The van der Waals surface area contributed by atoms with Crippen LogP contribution in [0.15, 0.2) is 126 Å². The number of hydrogen-bond acceptors (Lipinski definition) is 4. The fourth-order valence-electron chi connectivity index (χ4n) is 5.29. The van der Waals surface area contributed by atoms with Gasteiger partial charge in [0.1, 0.15) is 23.9 Å². The second-order valence-electron chi connectivity index (χ2n) is 10.2. The fraction of sp³-hybridized carbons (Fsp3) is 0.206. The van der Waals surface area contributed by atoms with E-state index in [1.807, 2.05) is 78.9 Å². The van der Waals surface area contributed by atoms with Crippen LogP contribution in [0.25, 0.3) is 11.4 Å². The molecule has 2 heterocycles. The Morgan fingerprint density at radius 3 is 1.90 bits per heavy atom. The lowest BCUT2D eigenvalue weighted by atomic mass is 9.99. The molecule has 6 heteroatoms. The molecule has 4 aromatic carbocycles. The summed E-state index contributed by atoms with van der Waals surface area (Å²) in [5.74, 6) is 3.02. The molecule has 1 aromatic heterocycles. The van der Waals surface area contributed by atoms with Crippen LogP contribution >= 0.6 is 0 Å². The van der Waals surface area contributed by atoms with Gasteiger partial charge in [-0.3, -0.25) is 14.0 Å². The summed E-state index contributed by atoms with van der Waals surface area (Å²) in [6.07, 6.45) is 5.95. The first kappa shape index (κ1) is 25.7. The van der Waals surface area contributed by atoms with E-state index in [4.69, 9.17) is 9.47 Å². The smallest absolute Gasteiger partial charge is 0.337 e. The molecule has 0 amide bonds. The molecule has 6 nitrogen and oxygen atoms in total. The molecule has 1 aliphatic heterocycles. The first-order valence-electron chi connectivity index (χ1n) is 13.8. The van der Waals surface area contributed by atoms with Gasteiger partial charge in [0, 0.05) is 25.5 Å². The van der Waals surface area contributed by atoms with E-state index in [9.17, 15) is 4.79 Å². The Labute approximate surface area is 234 Å². The van der Waals surface area contributed by atoms with Crippen LogP contribution < -0.4 is 15.2 Å². The summed E-state index contributed by atoms with van der Waals surface area (Å²) in [7, 11) is 0. The monoisotopic (exact) mass is 531 g/mol. The second kappa shape index (κ2) is 12.1. The average Bonchev–Trinajstić information content (AvgIpc) is 3.61. The summed E-state index contributed by atoms with van der Waals surface area (Å²) in [6, 6.07) is 35.6. The molecule has 6 rings (SSSR count). The van der Waals surface area contributed by atoms with Gasteiger partial charge < -0.3 is 9.47 Å². The van der Waals surface area contributed by atoms with Crippen molar-refractivity contribution in [1.82, 2.24) is 14.0 Å². The highest BCUT2D eigenvalue weighted by atomic mass is 16.5. The van der Waals surface area contributed by atoms with Crippen molar-refractivity contribution in [3.05, 3.63) is 138 Å². The molecule has 0 radical (unpaired) electrons. The maximum absolute atomic E-state index is 13.1. The molecular weight excluding hydrogens is 498 g/mol. The predicted molar refractivity (Wildman–Crippen MR) is 158 cm³/mol. The van der Waals surface area contributed by atoms with Crippen LogP contribution in [0, 0.1) is 5.92 Å². The van der Waals surface area contributed by atoms with Crippen LogP contribution in [-0.2, 0) is 6.42 Å². The Morgan fingerprint density at radius 1 is 0.675 bits per heavy atom. The molecule has 0 spiro atoms. The highest BCUT2D eigenvalue weighted by molar-refractivity contribution is 5.41. The van der Waals surface area contributed by atoms with E-state index in [1.54, 1.807) is 21.5 Å². The number of likely N-dealkylation sites (tertiary alicyclic amines) is 1. The average molecular weight is 532 g/mol. The van der Waals surface area contributed by atoms with Gasteiger partial charge in [-0.15, -0.1) is 0 Å². The summed E-state index contributed by atoms with van der Waals surface area (Å²) in [6.45, 7) is 3.82. The molecule has 40 heavy (non-hydrogen) atoms. The normalized spacial score (nSPS) is 15.2. The summed E-state index contributed by atoms with van der Waals surface area (Å²) >= 11 is 0. The lowest BCUT2D eigenvalue weighted by Gasteiger charge is -2.16. The van der Waals surface area contributed by atoms with Crippen LogP contribution in [0.3, 0.4) is 0 Å². The van der Waals surface area contributed by atoms with Gasteiger partial charge in [0.05, 0.1) is 11.4 Å². The van der Waals surface area contributed by atoms with Crippen molar-refractivity contribution in [1.29, 1.82) is 0 Å². The van der Waals surface area contributed by atoms with Crippen LogP contribution in [0.2, 0.25) is 0 Å². The van der Waals surface area contributed by atoms with E-state index in [0.717, 1.165) is 54.7 Å². The van der Waals surface area contributed by atoms with Gasteiger partial charge in [0.2, 0.25) is 0 Å². The lowest BCUT2D eigenvalue weighted by Crippen LogP contribution is -2.26. The lowest BCUT2D eigenvalue weighted by molar-refractivity contribution is 0.232. The Kier molecular flexibility index (Phi) is 7.78. The van der Waals surface area contributed by atoms with E-state index in [0.29, 0.717) is 12.5 Å². The topological polar surface area (TPSA) is 48.6 Å². The van der Waals surface area contributed by atoms with Crippen molar-refractivity contribution in [2.24, 2.45) is 5.92 Å². The summed E-state index contributed by atoms with van der Waals surface area (Å²) in [5.41, 5.74) is 2.86. The van der Waals surface area contributed by atoms with Gasteiger partial charge in [0.15, 0.2) is 0 Å². The molecule has 1 aliphatic rings. The van der Waals surface area contributed by atoms with Gasteiger partial charge >= 0.3 is 5.69 Å². The largest absolute Gasteiger partial charge is 0.492 e. The molecule has 1 saturated heterocycles. The summed E-state index contributed by atoms with van der Waals surface area (Å²) in [5, 5.41) is 0. The predicted octanol–water partition coefficient (Wildman–Crippen LogP) is 6.36. The standard InChI is InChI=1S/C34H33N3O3/c38-34-36(21-22-37(34)30-13-17-33(18-14-30)40-32-9-5-2-6-10-32)29-11-15-31(16-12-29)39-24-23-35-20-19-28(26-35)25-27-7-3-1-4-8-27/h1-18,21-22,28H,19-20,23-26H2. The van der Waals surface area contributed by atoms with Gasteiger partial charge in [-0.05, 0) is 91.5 Å². The fourth-order valence-corrected chi connectivity index (χ4v) is 5.29. The Balaban J connectivity index is 1.01. The van der Waals surface area contributed by atoms with Crippen molar-refractivity contribution in [3.8, 4) is 28.6 Å². The number of rotatable bonds is 10. The van der Waals surface area contributed by atoms with Crippen LogP contribution in [0.5, 0.6) is 17.2 Å². The number of aromatic nitrogens is 2. The van der Waals surface area contributed by atoms with Crippen molar-refractivity contribution in [2.75, 3.05) is 26.2 Å². The van der Waals surface area contributed by atoms with E-state index < -0.39 is 0 Å². The first-order chi connectivity index (χ1) is 19.7. The van der Waals surface area contributed by atoms with Crippen LogP contribution in [0.4, 0.5) is 0 Å². The number of ether oxygens (including phenoxy) is 2. The third-order valence-corrected chi connectivity index (χ3v) is 7.40.